The molecule has 0 saturated carbocycles. The van der Waals surface area contributed by atoms with Gasteiger partial charge in [-0.3, -0.25) is 19.8 Å². The smallest absolute Gasteiger partial charge is 0.342 e. The minimum atomic E-state index is -0.545. The normalized spacial score (nSPS) is 20.9. The Morgan fingerprint density at radius 1 is 0.886 bits per heavy atom. The molecule has 0 radical (unpaired) electrons. The van der Waals surface area contributed by atoms with Crippen molar-refractivity contribution < 1.29 is 18.8 Å². The first-order valence-corrected chi connectivity index (χ1v) is 12.3. The highest BCUT2D eigenvalue weighted by Crippen LogP contribution is 2.33. The number of rotatable bonds is 4. The van der Waals surface area contributed by atoms with E-state index in [9.17, 15) is 18.8 Å². The fraction of sp³-hybridized carbons (Fsp3) is 0.423. The number of fused-ring (bicyclic) bond motifs is 2. The van der Waals surface area contributed by atoms with Crippen molar-refractivity contribution >= 4 is 23.5 Å². The first kappa shape index (κ1) is 22.0. The fourth-order valence-corrected chi connectivity index (χ4v) is 5.86. The maximum absolute atomic E-state index is 13.6. The number of halogens is 1. The maximum atomic E-state index is 13.6. The zero-order valence-corrected chi connectivity index (χ0v) is 19.5. The summed E-state index contributed by atoms with van der Waals surface area (Å²) >= 11 is 0. The average molecular weight is 478 g/mol. The second-order valence-corrected chi connectivity index (χ2v) is 9.80. The van der Waals surface area contributed by atoms with Gasteiger partial charge >= 0.3 is 6.03 Å². The van der Waals surface area contributed by atoms with Crippen LogP contribution in [0.5, 0.6) is 0 Å². The number of benzene rings is 2. The number of carbonyl (C=O) groups is 3. The van der Waals surface area contributed by atoms with Gasteiger partial charge in [-0.2, -0.15) is 0 Å². The van der Waals surface area contributed by atoms with Crippen LogP contribution >= 0.6 is 0 Å². The quantitative estimate of drug-likeness (QED) is 0.733. The molecule has 4 heterocycles. The number of hydrogen-bond donors (Lipinski definition) is 1. The summed E-state index contributed by atoms with van der Waals surface area (Å²) in [5.41, 5.74) is 4.97. The van der Waals surface area contributed by atoms with Gasteiger partial charge in [0.1, 0.15) is 5.82 Å². The summed E-state index contributed by atoms with van der Waals surface area (Å²) in [5, 5.41) is 5.04. The molecular weight excluding hydrogens is 449 g/mol. The van der Waals surface area contributed by atoms with Crippen molar-refractivity contribution in [2.75, 3.05) is 31.1 Å². The van der Waals surface area contributed by atoms with E-state index in [2.05, 4.69) is 21.2 Å². The molecule has 182 valence electrons. The first-order valence-electron chi connectivity index (χ1n) is 12.3. The second-order valence-electron chi connectivity index (χ2n) is 9.80. The third kappa shape index (κ3) is 4.03. The van der Waals surface area contributed by atoms with Crippen LogP contribution < -0.4 is 10.2 Å². The van der Waals surface area contributed by atoms with Gasteiger partial charge in [0.25, 0.3) is 5.91 Å². The van der Waals surface area contributed by atoms with Gasteiger partial charge in [-0.15, -0.1) is 0 Å². The minimum absolute atomic E-state index is 0.158. The van der Waals surface area contributed by atoms with Gasteiger partial charge < -0.3 is 4.90 Å². The predicted molar refractivity (Wildman–Crippen MR) is 127 cm³/mol. The number of urea groups is 1. The zero-order valence-electron chi connectivity index (χ0n) is 19.5. The highest BCUT2D eigenvalue weighted by Gasteiger charge is 2.37. The summed E-state index contributed by atoms with van der Waals surface area (Å²) in [6.07, 6.45) is 3.23. The summed E-state index contributed by atoms with van der Waals surface area (Å²) < 4.78 is 13.6. The fourth-order valence-electron chi connectivity index (χ4n) is 5.86. The SMILES string of the molecule is O=C1CCN(N2Cc3cc(CN4CCC(N5CCc6cc(F)ccc65)CC4)ccc3C2=O)C(=O)N1. The Labute approximate surface area is 203 Å². The molecule has 2 saturated heterocycles. The molecule has 4 aliphatic rings. The second kappa shape index (κ2) is 8.64. The highest BCUT2D eigenvalue weighted by molar-refractivity contribution is 6.01. The van der Waals surface area contributed by atoms with Crippen LogP contribution in [0.2, 0.25) is 0 Å². The molecule has 2 aromatic rings. The molecule has 4 amide bonds. The van der Waals surface area contributed by atoms with Crippen molar-refractivity contribution in [2.45, 2.75) is 44.8 Å². The van der Waals surface area contributed by atoms with Crippen LogP contribution in [0.1, 0.15) is 46.3 Å². The van der Waals surface area contributed by atoms with Crippen molar-refractivity contribution in [3.63, 3.8) is 0 Å². The molecule has 0 aliphatic carbocycles. The van der Waals surface area contributed by atoms with Crippen LogP contribution in [0, 0.1) is 5.82 Å². The van der Waals surface area contributed by atoms with Crippen molar-refractivity contribution in [1.29, 1.82) is 0 Å². The van der Waals surface area contributed by atoms with Crippen molar-refractivity contribution in [1.82, 2.24) is 20.2 Å². The lowest BCUT2D eigenvalue weighted by molar-refractivity contribution is -0.123. The molecule has 9 heteroatoms. The summed E-state index contributed by atoms with van der Waals surface area (Å²) in [7, 11) is 0. The predicted octanol–water partition coefficient (Wildman–Crippen LogP) is 2.67. The molecule has 2 fully saturated rings. The van der Waals surface area contributed by atoms with Gasteiger partial charge in [0.2, 0.25) is 5.91 Å². The molecule has 0 atom stereocenters. The largest absolute Gasteiger partial charge is 0.368 e. The Morgan fingerprint density at radius 2 is 1.71 bits per heavy atom. The number of hydrazine groups is 1. The Morgan fingerprint density at radius 3 is 2.51 bits per heavy atom. The molecule has 0 spiro atoms. The lowest BCUT2D eigenvalue weighted by Gasteiger charge is -2.38. The monoisotopic (exact) mass is 477 g/mol. The van der Waals surface area contributed by atoms with Crippen LogP contribution in [0.4, 0.5) is 14.9 Å². The molecule has 6 rings (SSSR count). The third-order valence-corrected chi connectivity index (χ3v) is 7.65. The van der Waals surface area contributed by atoms with Crippen LogP contribution in [0.3, 0.4) is 0 Å². The summed E-state index contributed by atoms with van der Waals surface area (Å²) in [4.78, 5) is 41.4. The number of carbonyl (C=O) groups excluding carboxylic acids is 3. The van der Waals surface area contributed by atoms with Crippen LogP contribution in [-0.4, -0.2) is 65.0 Å². The average Bonchev–Trinajstić information content (AvgIpc) is 3.40. The van der Waals surface area contributed by atoms with E-state index in [0.717, 1.165) is 62.1 Å². The minimum Gasteiger partial charge on any atom is -0.368 e. The van der Waals surface area contributed by atoms with Gasteiger partial charge in [-0.05, 0) is 60.2 Å². The van der Waals surface area contributed by atoms with Crippen LogP contribution in [-0.2, 0) is 24.3 Å². The zero-order chi connectivity index (χ0) is 24.1. The molecular formula is C26H28FN5O3. The van der Waals surface area contributed by atoms with E-state index >= 15 is 0 Å². The molecule has 8 nitrogen and oxygen atoms in total. The van der Waals surface area contributed by atoms with Gasteiger partial charge in [0.05, 0.1) is 13.1 Å². The lowest BCUT2D eigenvalue weighted by Crippen LogP contribution is -2.56. The van der Waals surface area contributed by atoms with Crippen LogP contribution in [0.25, 0.3) is 0 Å². The Balaban J connectivity index is 1.07. The Kier molecular flexibility index (Phi) is 5.44. The third-order valence-electron chi connectivity index (χ3n) is 7.65. The van der Waals surface area contributed by atoms with E-state index in [1.54, 1.807) is 12.1 Å². The highest BCUT2D eigenvalue weighted by atomic mass is 19.1. The topological polar surface area (TPSA) is 76.2 Å². The van der Waals surface area contributed by atoms with Gasteiger partial charge in [-0.1, -0.05) is 12.1 Å². The van der Waals surface area contributed by atoms with Crippen molar-refractivity contribution in [3.05, 3.63) is 64.5 Å². The number of nitrogens with one attached hydrogen (secondary N) is 1. The standard InChI is InChI=1S/C26H28FN5O3/c27-20-2-4-23-18(14-20)5-11-30(23)21-6-9-29(10-7-21)15-17-1-3-22-19(13-17)16-32(25(22)34)31-12-8-24(33)28-26(31)35/h1-4,13-14,21H,5-12,15-16H2,(H,28,33,35). The number of amides is 4. The number of nitrogens with zero attached hydrogens (tertiary/aromatic N) is 4. The number of likely N-dealkylation sites (tertiary alicyclic amines) is 1. The van der Waals surface area contributed by atoms with E-state index in [1.807, 2.05) is 18.2 Å². The summed E-state index contributed by atoms with van der Waals surface area (Å²) in [6.45, 7) is 4.30. The van der Waals surface area contributed by atoms with E-state index < -0.39 is 6.03 Å². The Bertz CT molecular complexity index is 1210. The van der Waals surface area contributed by atoms with Gasteiger partial charge in [0.15, 0.2) is 0 Å². The number of anilines is 1. The Hall–Kier alpha value is -3.46. The molecule has 4 aliphatic heterocycles. The molecule has 35 heavy (non-hydrogen) atoms. The maximum Gasteiger partial charge on any atom is 0.342 e. The van der Waals surface area contributed by atoms with E-state index in [1.165, 1.54) is 15.7 Å². The lowest BCUT2D eigenvalue weighted by atomic mass is 10.0. The molecule has 0 aromatic heterocycles. The summed E-state index contributed by atoms with van der Waals surface area (Å²) in [6, 6.07) is 11.0. The van der Waals surface area contributed by atoms with E-state index in [0.29, 0.717) is 18.2 Å². The van der Waals surface area contributed by atoms with Gasteiger partial charge in [0, 0.05) is 49.9 Å². The molecule has 2 aromatic carbocycles. The van der Waals surface area contributed by atoms with E-state index in [-0.39, 0.29) is 30.6 Å². The van der Waals surface area contributed by atoms with Gasteiger partial charge in [-0.25, -0.2) is 19.2 Å². The van der Waals surface area contributed by atoms with E-state index in [4.69, 9.17) is 0 Å². The number of hydrogen-bond acceptors (Lipinski definition) is 5. The van der Waals surface area contributed by atoms with Crippen molar-refractivity contribution in [3.8, 4) is 0 Å². The molecule has 0 bridgehead atoms. The van der Waals surface area contributed by atoms with Crippen molar-refractivity contribution in [2.24, 2.45) is 0 Å². The molecule has 0 unspecified atom stereocenters. The van der Waals surface area contributed by atoms with Crippen LogP contribution in [0.15, 0.2) is 36.4 Å². The number of imide groups is 1. The number of piperidine rings is 1. The molecule has 1 N–H and O–H groups in total. The summed E-state index contributed by atoms with van der Waals surface area (Å²) in [5.74, 6) is -0.680. The first-order chi connectivity index (χ1) is 17.0.